The van der Waals surface area contributed by atoms with Gasteiger partial charge in [-0.2, -0.15) is 0 Å². The molecule has 45 heavy (non-hydrogen) atoms. The Kier molecular flexibility index (Phi) is 4.90. The molecule has 10 rings (SSSR count). The lowest BCUT2D eigenvalue weighted by Gasteiger charge is -2.17. The van der Waals surface area contributed by atoms with Gasteiger partial charge in [0.1, 0.15) is 0 Å². The monoisotopic (exact) mass is 576 g/mol. The van der Waals surface area contributed by atoms with Gasteiger partial charge in [-0.3, -0.25) is 15.0 Å². The van der Waals surface area contributed by atoms with Crippen molar-refractivity contribution in [3.63, 3.8) is 0 Å². The van der Waals surface area contributed by atoms with Gasteiger partial charge < -0.3 is 13.7 Å². The fourth-order valence-electron chi connectivity index (χ4n) is 7.22. The van der Waals surface area contributed by atoms with E-state index in [1.807, 2.05) is 37.1 Å². The van der Waals surface area contributed by atoms with Crippen LogP contribution in [0.25, 0.3) is 82.6 Å². The molecule has 6 heterocycles. The van der Waals surface area contributed by atoms with E-state index in [2.05, 4.69) is 133 Å². The summed E-state index contributed by atoms with van der Waals surface area (Å²) in [6.45, 7) is 0. The van der Waals surface area contributed by atoms with Crippen molar-refractivity contribution >= 4 is 65.5 Å². The Bertz CT molecular complexity index is 2300. The SMILES string of the molecule is c1ccc2c(c1)c1cnccc1n2-c1cc(-n2c3ccccc3c3ccncc32)cc(-n2c3ccccc3c3ncccc32)c1. The summed E-state index contributed by atoms with van der Waals surface area (Å²) in [6.07, 6.45) is 9.56. The van der Waals surface area contributed by atoms with E-state index in [0.717, 1.165) is 66.5 Å². The maximum Gasteiger partial charge on any atom is 0.0963 e. The van der Waals surface area contributed by atoms with E-state index in [9.17, 15) is 0 Å². The van der Waals surface area contributed by atoms with Crippen LogP contribution < -0.4 is 0 Å². The number of pyridine rings is 3. The normalized spacial score (nSPS) is 12.0. The Balaban J connectivity index is 1.38. The summed E-state index contributed by atoms with van der Waals surface area (Å²) in [5.74, 6) is 0. The number of nitrogens with zero attached hydrogens (tertiary/aromatic N) is 6. The molecule has 0 amide bonds. The standard InChI is InChI=1S/C39H24N6/c1-4-11-33-28(8-1)30-15-18-41-24-38(30)45(33)27-21-25(43-34-12-5-2-9-29(34)32-23-40-19-16-36(32)43)20-26(22-27)44-35-13-6-3-10-31(35)39-37(44)14-7-17-42-39/h1-24H. The van der Waals surface area contributed by atoms with Gasteiger partial charge in [0.2, 0.25) is 0 Å². The predicted octanol–water partition coefficient (Wildman–Crippen LogP) is 9.16. The molecule has 210 valence electrons. The van der Waals surface area contributed by atoms with Gasteiger partial charge in [-0.05, 0) is 60.7 Å². The van der Waals surface area contributed by atoms with Gasteiger partial charge in [-0.15, -0.1) is 0 Å². The topological polar surface area (TPSA) is 53.5 Å². The van der Waals surface area contributed by atoms with Gasteiger partial charge in [-0.25, -0.2) is 0 Å². The highest BCUT2D eigenvalue weighted by Crippen LogP contribution is 2.38. The first-order valence-corrected chi connectivity index (χ1v) is 15.0. The molecular formula is C39H24N6. The van der Waals surface area contributed by atoms with E-state index in [1.54, 1.807) is 0 Å². The number of benzene rings is 4. The molecule has 6 heteroatoms. The Labute approximate surface area is 257 Å². The first-order chi connectivity index (χ1) is 22.3. The summed E-state index contributed by atoms with van der Waals surface area (Å²) in [6, 6.07) is 40.9. The van der Waals surface area contributed by atoms with E-state index in [4.69, 9.17) is 4.98 Å². The van der Waals surface area contributed by atoms with E-state index in [1.165, 1.54) is 16.2 Å². The molecular weight excluding hydrogens is 552 g/mol. The van der Waals surface area contributed by atoms with Gasteiger partial charge in [0.15, 0.2) is 0 Å². The molecule has 0 radical (unpaired) electrons. The smallest absolute Gasteiger partial charge is 0.0963 e. The van der Waals surface area contributed by atoms with Gasteiger partial charge in [0.25, 0.3) is 0 Å². The van der Waals surface area contributed by atoms with Gasteiger partial charge in [-0.1, -0.05) is 54.6 Å². The van der Waals surface area contributed by atoms with Crippen LogP contribution in [0, 0.1) is 0 Å². The van der Waals surface area contributed by atoms with Crippen LogP contribution in [0.2, 0.25) is 0 Å². The van der Waals surface area contributed by atoms with Crippen LogP contribution >= 0.6 is 0 Å². The van der Waals surface area contributed by atoms with Crippen molar-refractivity contribution in [1.29, 1.82) is 0 Å². The lowest BCUT2D eigenvalue weighted by atomic mass is 10.2. The second-order valence-electron chi connectivity index (χ2n) is 11.4. The predicted molar refractivity (Wildman–Crippen MR) is 183 cm³/mol. The zero-order valence-corrected chi connectivity index (χ0v) is 24.0. The van der Waals surface area contributed by atoms with Crippen molar-refractivity contribution in [2.24, 2.45) is 0 Å². The van der Waals surface area contributed by atoms with Crippen LogP contribution in [0.15, 0.2) is 146 Å². The molecule has 0 saturated heterocycles. The van der Waals surface area contributed by atoms with Crippen molar-refractivity contribution in [2.45, 2.75) is 0 Å². The second-order valence-corrected chi connectivity index (χ2v) is 11.4. The maximum absolute atomic E-state index is 4.82. The van der Waals surface area contributed by atoms with Crippen LogP contribution in [0.1, 0.15) is 0 Å². The highest BCUT2D eigenvalue weighted by Gasteiger charge is 2.19. The molecule has 6 aromatic heterocycles. The lowest BCUT2D eigenvalue weighted by Crippen LogP contribution is -2.03. The van der Waals surface area contributed by atoms with Crippen LogP contribution in [0.5, 0.6) is 0 Å². The summed E-state index contributed by atoms with van der Waals surface area (Å²) in [7, 11) is 0. The first-order valence-electron chi connectivity index (χ1n) is 15.0. The number of hydrogen-bond acceptors (Lipinski definition) is 3. The zero-order valence-electron chi connectivity index (χ0n) is 24.0. The molecule has 0 spiro atoms. The summed E-state index contributed by atoms with van der Waals surface area (Å²) >= 11 is 0. The van der Waals surface area contributed by atoms with Crippen molar-refractivity contribution in [3.05, 3.63) is 146 Å². The number of para-hydroxylation sites is 3. The van der Waals surface area contributed by atoms with Crippen molar-refractivity contribution in [2.75, 3.05) is 0 Å². The molecule has 0 aliphatic heterocycles. The Morgan fingerprint density at radius 3 is 1.58 bits per heavy atom. The lowest BCUT2D eigenvalue weighted by molar-refractivity contribution is 1.09. The molecule has 0 aliphatic carbocycles. The summed E-state index contributed by atoms with van der Waals surface area (Å²) in [5, 5.41) is 5.81. The molecule has 0 bridgehead atoms. The molecule has 4 aromatic carbocycles. The number of aromatic nitrogens is 6. The minimum atomic E-state index is 0.990. The maximum atomic E-state index is 4.82. The van der Waals surface area contributed by atoms with Crippen molar-refractivity contribution in [1.82, 2.24) is 28.7 Å². The third kappa shape index (κ3) is 3.36. The zero-order chi connectivity index (χ0) is 29.5. The largest absolute Gasteiger partial charge is 0.309 e. The fraction of sp³-hybridized carbons (Fsp3) is 0. The minimum absolute atomic E-state index is 0.990. The molecule has 10 aromatic rings. The Morgan fingerprint density at radius 1 is 0.356 bits per heavy atom. The highest BCUT2D eigenvalue weighted by atomic mass is 15.0. The minimum Gasteiger partial charge on any atom is -0.309 e. The fourth-order valence-corrected chi connectivity index (χ4v) is 7.22. The van der Waals surface area contributed by atoms with Gasteiger partial charge in [0, 0.05) is 51.7 Å². The molecule has 0 saturated carbocycles. The van der Waals surface area contributed by atoms with E-state index < -0.39 is 0 Å². The average molecular weight is 577 g/mol. The van der Waals surface area contributed by atoms with Crippen LogP contribution in [0.3, 0.4) is 0 Å². The number of hydrogen-bond donors (Lipinski definition) is 0. The third-order valence-electron chi connectivity index (χ3n) is 9.04. The van der Waals surface area contributed by atoms with E-state index >= 15 is 0 Å². The van der Waals surface area contributed by atoms with Crippen LogP contribution in [-0.4, -0.2) is 28.7 Å². The molecule has 0 fully saturated rings. The Hall–Kier alpha value is -6.27. The molecule has 0 aliphatic rings. The van der Waals surface area contributed by atoms with Gasteiger partial charge >= 0.3 is 0 Å². The van der Waals surface area contributed by atoms with Crippen LogP contribution in [-0.2, 0) is 0 Å². The van der Waals surface area contributed by atoms with Crippen LogP contribution in [0.4, 0.5) is 0 Å². The average Bonchev–Trinajstić information content (AvgIpc) is 3.74. The highest BCUT2D eigenvalue weighted by molar-refractivity contribution is 6.11. The Morgan fingerprint density at radius 2 is 0.844 bits per heavy atom. The van der Waals surface area contributed by atoms with Gasteiger partial charge in [0.05, 0.1) is 61.9 Å². The van der Waals surface area contributed by atoms with E-state index in [0.29, 0.717) is 0 Å². The summed E-state index contributed by atoms with van der Waals surface area (Å²) in [4.78, 5) is 13.9. The summed E-state index contributed by atoms with van der Waals surface area (Å²) < 4.78 is 7.04. The quantitative estimate of drug-likeness (QED) is 0.211. The molecule has 0 unspecified atom stereocenters. The number of rotatable bonds is 3. The number of fused-ring (bicyclic) bond motifs is 9. The van der Waals surface area contributed by atoms with Crippen molar-refractivity contribution in [3.8, 4) is 17.1 Å². The summed E-state index contributed by atoms with van der Waals surface area (Å²) in [5.41, 5.74) is 10.8. The second kappa shape index (κ2) is 9.11. The molecule has 0 N–H and O–H groups in total. The first kappa shape index (κ1) is 24.2. The molecule has 0 atom stereocenters. The molecule has 6 nitrogen and oxygen atoms in total. The van der Waals surface area contributed by atoms with Crippen molar-refractivity contribution < 1.29 is 0 Å². The third-order valence-corrected chi connectivity index (χ3v) is 9.04. The van der Waals surface area contributed by atoms with E-state index in [-0.39, 0.29) is 0 Å².